The van der Waals surface area contributed by atoms with Crippen LogP contribution in [0, 0.1) is 11.3 Å². The van der Waals surface area contributed by atoms with Crippen LogP contribution < -0.4 is 16.0 Å². The summed E-state index contributed by atoms with van der Waals surface area (Å²) in [4.78, 5) is 3.99. The second-order valence-electron chi connectivity index (χ2n) is 3.99. The predicted octanol–water partition coefficient (Wildman–Crippen LogP) is 2.78. The fourth-order valence-electron chi connectivity index (χ4n) is 1.87. The summed E-state index contributed by atoms with van der Waals surface area (Å²) in [5.74, 6) is 6.79. The van der Waals surface area contributed by atoms with Crippen LogP contribution in [-0.2, 0) is 0 Å². The number of nitrogens with two attached hydrogens (primary N) is 1. The molecule has 2 heterocycles. The molecule has 2 aromatic heterocycles. The Labute approximate surface area is 114 Å². The lowest BCUT2D eigenvalue weighted by Gasteiger charge is -2.05. The van der Waals surface area contributed by atoms with Crippen LogP contribution in [0.3, 0.4) is 0 Å². The Bertz CT molecular complexity index is 804. The van der Waals surface area contributed by atoms with E-state index < -0.39 is 0 Å². The van der Waals surface area contributed by atoms with Gasteiger partial charge in [0.05, 0.1) is 5.39 Å². The fourth-order valence-corrected chi connectivity index (χ4v) is 1.87. The van der Waals surface area contributed by atoms with Gasteiger partial charge in [0, 0.05) is 12.3 Å². The lowest BCUT2D eigenvalue weighted by Crippen LogP contribution is -2.08. The average molecular weight is 266 g/mol. The minimum atomic E-state index is 0.130. The zero-order valence-electron chi connectivity index (χ0n) is 10.3. The number of para-hydroxylation sites is 1. The van der Waals surface area contributed by atoms with Crippen LogP contribution in [0.25, 0.3) is 11.0 Å². The summed E-state index contributed by atoms with van der Waals surface area (Å²) in [7, 11) is 0. The lowest BCUT2D eigenvalue weighted by molar-refractivity contribution is 0.466. The first kappa shape index (κ1) is 12.0. The molecule has 0 saturated carbocycles. The molecular formula is C14H10N4O2. The van der Waals surface area contributed by atoms with Gasteiger partial charge in [0.25, 0.3) is 0 Å². The third-order valence-electron chi connectivity index (χ3n) is 2.75. The number of hydrogen-bond donors (Lipinski definition) is 2. The first-order valence-electron chi connectivity index (χ1n) is 5.84. The third-order valence-corrected chi connectivity index (χ3v) is 2.75. The molecule has 0 unspecified atom stereocenters. The van der Waals surface area contributed by atoms with Crippen molar-refractivity contribution in [1.82, 2.24) is 4.98 Å². The summed E-state index contributed by atoms with van der Waals surface area (Å²) in [6.45, 7) is 0. The number of nitrogens with one attached hydrogen (secondary N) is 1. The number of hydrazine groups is 1. The standard InChI is InChI=1S/C14H10N4O2/c15-8-12-14(10-3-1-2-4-11(10)20-12)19-9-5-6-17-13(7-9)18-16/h1-7H,16H2,(H,17,18). The van der Waals surface area contributed by atoms with Gasteiger partial charge < -0.3 is 14.6 Å². The Morgan fingerprint density at radius 3 is 2.95 bits per heavy atom. The molecule has 0 amide bonds. The quantitative estimate of drug-likeness (QED) is 0.558. The summed E-state index contributed by atoms with van der Waals surface area (Å²) < 4.78 is 11.2. The summed E-state index contributed by atoms with van der Waals surface area (Å²) >= 11 is 0. The average Bonchev–Trinajstić information content (AvgIpc) is 2.85. The van der Waals surface area contributed by atoms with E-state index in [4.69, 9.17) is 20.3 Å². The van der Waals surface area contributed by atoms with Gasteiger partial charge in [-0.25, -0.2) is 10.8 Å². The van der Waals surface area contributed by atoms with Crippen LogP contribution >= 0.6 is 0 Å². The van der Waals surface area contributed by atoms with Crippen LogP contribution in [0.15, 0.2) is 47.0 Å². The van der Waals surface area contributed by atoms with Crippen LogP contribution in [0.4, 0.5) is 5.82 Å². The van der Waals surface area contributed by atoms with E-state index in [9.17, 15) is 0 Å². The minimum absolute atomic E-state index is 0.130. The summed E-state index contributed by atoms with van der Waals surface area (Å²) in [5, 5.41) is 9.87. The predicted molar refractivity (Wildman–Crippen MR) is 73.1 cm³/mol. The van der Waals surface area contributed by atoms with Crippen molar-refractivity contribution >= 4 is 16.8 Å². The van der Waals surface area contributed by atoms with E-state index in [1.807, 2.05) is 24.3 Å². The van der Waals surface area contributed by atoms with Crippen LogP contribution in [0.5, 0.6) is 11.5 Å². The van der Waals surface area contributed by atoms with Gasteiger partial charge >= 0.3 is 0 Å². The van der Waals surface area contributed by atoms with E-state index in [0.29, 0.717) is 22.9 Å². The zero-order chi connectivity index (χ0) is 13.9. The van der Waals surface area contributed by atoms with Crippen LogP contribution in [-0.4, -0.2) is 4.98 Å². The number of furan rings is 1. The molecule has 0 bridgehead atoms. The number of pyridine rings is 1. The molecule has 0 spiro atoms. The summed E-state index contributed by atoms with van der Waals surface area (Å²) in [5.41, 5.74) is 3.04. The number of nitriles is 1. The molecule has 3 N–H and O–H groups in total. The monoisotopic (exact) mass is 266 g/mol. The van der Waals surface area contributed by atoms with E-state index in [-0.39, 0.29) is 5.76 Å². The third kappa shape index (κ3) is 2.02. The van der Waals surface area contributed by atoms with Crippen molar-refractivity contribution in [2.24, 2.45) is 5.84 Å². The maximum Gasteiger partial charge on any atom is 0.247 e. The lowest BCUT2D eigenvalue weighted by atomic mass is 10.2. The Morgan fingerprint density at radius 1 is 1.30 bits per heavy atom. The molecule has 0 radical (unpaired) electrons. The number of benzene rings is 1. The molecule has 20 heavy (non-hydrogen) atoms. The number of nitrogen functional groups attached to an aromatic ring is 1. The fraction of sp³-hybridized carbons (Fsp3) is 0. The van der Waals surface area contributed by atoms with Gasteiger partial charge in [0.2, 0.25) is 5.76 Å². The molecule has 6 heteroatoms. The zero-order valence-corrected chi connectivity index (χ0v) is 10.3. The maximum atomic E-state index is 9.13. The van der Waals surface area contributed by atoms with Crippen molar-refractivity contribution in [2.45, 2.75) is 0 Å². The number of hydrogen-bond acceptors (Lipinski definition) is 6. The Kier molecular flexibility index (Phi) is 2.95. The van der Waals surface area contributed by atoms with Crippen molar-refractivity contribution < 1.29 is 9.15 Å². The normalized spacial score (nSPS) is 10.2. The molecule has 1 aromatic carbocycles. The van der Waals surface area contributed by atoms with Crippen molar-refractivity contribution in [2.75, 3.05) is 5.43 Å². The number of nitrogens with zero attached hydrogens (tertiary/aromatic N) is 2. The van der Waals surface area contributed by atoms with Crippen molar-refractivity contribution in [3.63, 3.8) is 0 Å². The van der Waals surface area contributed by atoms with E-state index in [2.05, 4.69) is 10.4 Å². The molecule has 6 nitrogen and oxygen atoms in total. The highest BCUT2D eigenvalue weighted by atomic mass is 16.5. The molecule has 3 rings (SSSR count). The van der Waals surface area contributed by atoms with Crippen LogP contribution in [0.1, 0.15) is 5.76 Å². The van der Waals surface area contributed by atoms with Crippen molar-refractivity contribution in [3.8, 4) is 17.6 Å². The molecule has 0 fully saturated rings. The van der Waals surface area contributed by atoms with Gasteiger partial charge in [-0.05, 0) is 18.2 Å². The Balaban J connectivity index is 2.07. The first-order chi connectivity index (χ1) is 9.81. The second-order valence-corrected chi connectivity index (χ2v) is 3.99. The van der Waals surface area contributed by atoms with Gasteiger partial charge in [-0.3, -0.25) is 0 Å². The van der Waals surface area contributed by atoms with Gasteiger partial charge in [0.15, 0.2) is 5.75 Å². The van der Waals surface area contributed by atoms with Gasteiger partial charge in [-0.15, -0.1) is 0 Å². The van der Waals surface area contributed by atoms with E-state index in [1.165, 1.54) is 0 Å². The number of ether oxygens (including phenoxy) is 1. The van der Waals surface area contributed by atoms with Crippen molar-refractivity contribution in [1.29, 1.82) is 5.26 Å². The number of anilines is 1. The number of rotatable bonds is 3. The maximum absolute atomic E-state index is 9.13. The minimum Gasteiger partial charge on any atom is -0.452 e. The SMILES string of the molecule is N#Cc1oc2ccccc2c1Oc1ccnc(NN)c1. The van der Waals surface area contributed by atoms with Gasteiger partial charge in [0.1, 0.15) is 23.2 Å². The highest BCUT2D eigenvalue weighted by Crippen LogP contribution is 2.35. The molecule has 3 aromatic rings. The molecule has 0 aliphatic carbocycles. The molecule has 98 valence electrons. The van der Waals surface area contributed by atoms with E-state index in [0.717, 1.165) is 5.39 Å². The summed E-state index contributed by atoms with van der Waals surface area (Å²) in [6, 6.07) is 12.6. The number of aromatic nitrogens is 1. The first-order valence-corrected chi connectivity index (χ1v) is 5.84. The van der Waals surface area contributed by atoms with Crippen molar-refractivity contribution in [3.05, 3.63) is 48.4 Å². The second kappa shape index (κ2) is 4.91. The highest BCUT2D eigenvalue weighted by Gasteiger charge is 2.16. The summed E-state index contributed by atoms with van der Waals surface area (Å²) in [6.07, 6.45) is 1.55. The van der Waals surface area contributed by atoms with E-state index in [1.54, 1.807) is 24.4 Å². The molecule has 0 aliphatic heterocycles. The Morgan fingerprint density at radius 2 is 2.15 bits per heavy atom. The highest BCUT2D eigenvalue weighted by molar-refractivity contribution is 5.86. The topological polar surface area (TPSA) is 97.1 Å². The van der Waals surface area contributed by atoms with Crippen LogP contribution in [0.2, 0.25) is 0 Å². The largest absolute Gasteiger partial charge is 0.452 e. The van der Waals surface area contributed by atoms with Gasteiger partial charge in [-0.2, -0.15) is 5.26 Å². The molecule has 0 aliphatic rings. The van der Waals surface area contributed by atoms with Gasteiger partial charge in [-0.1, -0.05) is 12.1 Å². The molecular weight excluding hydrogens is 256 g/mol. The number of fused-ring (bicyclic) bond motifs is 1. The molecule has 0 atom stereocenters. The smallest absolute Gasteiger partial charge is 0.247 e. The van der Waals surface area contributed by atoms with E-state index >= 15 is 0 Å². The molecule has 0 saturated heterocycles. The Hall–Kier alpha value is -3.04.